The highest BCUT2D eigenvalue weighted by Gasteiger charge is 2.16. The van der Waals surface area contributed by atoms with E-state index in [9.17, 15) is 9.59 Å². The highest BCUT2D eigenvalue weighted by atomic mass is 35.5. The van der Waals surface area contributed by atoms with E-state index in [1.165, 1.54) is 12.1 Å². The molecule has 0 unspecified atom stereocenters. The maximum absolute atomic E-state index is 10.9. The Bertz CT molecular complexity index is 732. The van der Waals surface area contributed by atoms with Gasteiger partial charge in [0.05, 0.1) is 12.0 Å². The van der Waals surface area contributed by atoms with Crippen LogP contribution in [0.3, 0.4) is 0 Å². The van der Waals surface area contributed by atoms with Crippen LogP contribution in [0.5, 0.6) is 0 Å². The molecule has 0 radical (unpaired) electrons. The molecule has 0 aliphatic carbocycles. The molecule has 5 nitrogen and oxygen atoms in total. The van der Waals surface area contributed by atoms with Gasteiger partial charge in [-0.25, -0.2) is 4.79 Å². The molecule has 24 heavy (non-hydrogen) atoms. The smallest absolute Gasteiger partial charge is 0.335 e. The number of halogens is 2. The van der Waals surface area contributed by atoms with Crippen LogP contribution in [-0.4, -0.2) is 28.7 Å². The highest BCUT2D eigenvalue weighted by molar-refractivity contribution is 6.33. The summed E-state index contributed by atoms with van der Waals surface area (Å²) in [6, 6.07) is 11.6. The fraction of sp³-hybridized carbons (Fsp3) is 0.176. The van der Waals surface area contributed by atoms with Gasteiger partial charge >= 0.3 is 11.9 Å². The van der Waals surface area contributed by atoms with E-state index < -0.39 is 11.9 Å². The Kier molecular flexibility index (Phi) is 7.22. The number of hydrogen-bond acceptors (Lipinski definition) is 3. The minimum absolute atomic E-state index is 0. The minimum Gasteiger partial charge on any atom is -0.481 e. The average molecular weight is 370 g/mol. The number of carboxylic acids is 2. The molecule has 0 fully saturated rings. The molecule has 7 heteroatoms. The Hall–Kier alpha value is -2.08. The summed E-state index contributed by atoms with van der Waals surface area (Å²) in [5.41, 5.74) is 8.12. The summed E-state index contributed by atoms with van der Waals surface area (Å²) in [5.74, 6) is -2.22. The number of aromatic carboxylic acids is 1. The number of rotatable bonds is 6. The lowest BCUT2D eigenvalue weighted by Crippen LogP contribution is -2.16. The van der Waals surface area contributed by atoms with E-state index >= 15 is 0 Å². The fourth-order valence-electron chi connectivity index (χ4n) is 2.36. The van der Waals surface area contributed by atoms with E-state index in [4.69, 9.17) is 27.5 Å². The van der Waals surface area contributed by atoms with Crippen molar-refractivity contribution in [1.29, 1.82) is 0 Å². The van der Waals surface area contributed by atoms with Gasteiger partial charge in [0.15, 0.2) is 0 Å². The second-order valence-corrected chi connectivity index (χ2v) is 5.56. The summed E-state index contributed by atoms with van der Waals surface area (Å²) in [4.78, 5) is 21.8. The number of aliphatic carboxylic acids is 1. The molecule has 0 bridgehead atoms. The van der Waals surface area contributed by atoms with Crippen LogP contribution in [0.1, 0.15) is 28.3 Å². The Morgan fingerprint density at radius 1 is 1.08 bits per heavy atom. The molecule has 0 saturated heterocycles. The fourth-order valence-corrected chi connectivity index (χ4v) is 2.59. The third-order valence-electron chi connectivity index (χ3n) is 3.61. The SMILES string of the molecule is Cl.NC[C@H](CC(=O)O)c1ccc(Cl)c(-c2ccc(C(=O)O)cc2)c1. The molecule has 2 aromatic rings. The van der Waals surface area contributed by atoms with Crippen molar-refractivity contribution in [3.63, 3.8) is 0 Å². The Morgan fingerprint density at radius 3 is 2.21 bits per heavy atom. The molecule has 0 aliphatic heterocycles. The minimum atomic E-state index is -0.999. The van der Waals surface area contributed by atoms with E-state index in [1.807, 2.05) is 0 Å². The molecule has 2 aromatic carbocycles. The number of carbonyl (C=O) groups is 2. The van der Waals surface area contributed by atoms with E-state index in [2.05, 4.69) is 0 Å². The summed E-state index contributed by atoms with van der Waals surface area (Å²) >= 11 is 6.22. The maximum atomic E-state index is 10.9. The van der Waals surface area contributed by atoms with Gasteiger partial charge in [-0.3, -0.25) is 4.79 Å². The van der Waals surface area contributed by atoms with Gasteiger partial charge in [0.2, 0.25) is 0 Å². The first-order valence-electron chi connectivity index (χ1n) is 6.97. The van der Waals surface area contributed by atoms with E-state index in [1.54, 1.807) is 30.3 Å². The summed E-state index contributed by atoms with van der Waals surface area (Å²) in [6.07, 6.45) is -0.0600. The summed E-state index contributed by atoms with van der Waals surface area (Å²) in [6.45, 7) is 0.214. The standard InChI is InChI=1S/C17H16ClNO4.ClH/c18-15-6-5-12(13(9-19)8-16(20)21)7-14(15)10-1-3-11(4-2-10)17(22)23;/h1-7,13H,8-9,19H2,(H,20,21)(H,22,23);1H/t13-;/m0./s1. The van der Waals surface area contributed by atoms with Gasteiger partial charge in [0.25, 0.3) is 0 Å². The van der Waals surface area contributed by atoms with Crippen molar-refractivity contribution in [1.82, 2.24) is 0 Å². The number of hydrogen-bond donors (Lipinski definition) is 3. The van der Waals surface area contributed by atoms with Crippen LogP contribution in [0.15, 0.2) is 42.5 Å². The van der Waals surface area contributed by atoms with Crippen LogP contribution in [0.25, 0.3) is 11.1 Å². The largest absolute Gasteiger partial charge is 0.481 e. The molecule has 0 aliphatic rings. The normalized spacial score (nSPS) is 11.4. The molecule has 0 spiro atoms. The quantitative estimate of drug-likeness (QED) is 0.721. The predicted molar refractivity (Wildman–Crippen MR) is 95.1 cm³/mol. The van der Waals surface area contributed by atoms with Gasteiger partial charge < -0.3 is 15.9 Å². The first-order valence-corrected chi connectivity index (χ1v) is 7.35. The maximum Gasteiger partial charge on any atom is 0.335 e. The molecular formula is C17H17Cl2NO4. The van der Waals surface area contributed by atoms with Gasteiger partial charge in [-0.1, -0.05) is 29.8 Å². The molecule has 2 rings (SSSR count). The van der Waals surface area contributed by atoms with Crippen LogP contribution in [0.4, 0.5) is 0 Å². The highest BCUT2D eigenvalue weighted by Crippen LogP contribution is 2.32. The monoisotopic (exact) mass is 369 g/mol. The van der Waals surface area contributed by atoms with Crippen LogP contribution >= 0.6 is 24.0 Å². The van der Waals surface area contributed by atoms with Crippen molar-refractivity contribution in [2.45, 2.75) is 12.3 Å². The van der Waals surface area contributed by atoms with Crippen LogP contribution in [0, 0.1) is 0 Å². The molecule has 1 atom stereocenters. The summed E-state index contributed by atoms with van der Waals surface area (Å²) < 4.78 is 0. The second-order valence-electron chi connectivity index (χ2n) is 5.15. The van der Waals surface area contributed by atoms with Crippen LogP contribution in [-0.2, 0) is 4.79 Å². The zero-order valence-electron chi connectivity index (χ0n) is 12.6. The van der Waals surface area contributed by atoms with Crippen LogP contribution in [0.2, 0.25) is 5.02 Å². The van der Waals surface area contributed by atoms with Crippen molar-refractivity contribution in [2.24, 2.45) is 5.73 Å². The average Bonchev–Trinajstić information content (AvgIpc) is 2.53. The van der Waals surface area contributed by atoms with Gasteiger partial charge in [-0.2, -0.15) is 0 Å². The molecule has 0 saturated carbocycles. The lowest BCUT2D eigenvalue weighted by Gasteiger charge is -2.15. The number of nitrogens with two attached hydrogens (primary N) is 1. The van der Waals surface area contributed by atoms with Crippen LogP contribution < -0.4 is 5.73 Å². The van der Waals surface area contributed by atoms with Crippen molar-refractivity contribution in [3.8, 4) is 11.1 Å². The van der Waals surface area contributed by atoms with Crippen molar-refractivity contribution < 1.29 is 19.8 Å². The van der Waals surface area contributed by atoms with E-state index in [0.29, 0.717) is 10.6 Å². The van der Waals surface area contributed by atoms with Crippen molar-refractivity contribution in [2.75, 3.05) is 6.54 Å². The molecule has 0 aromatic heterocycles. The first-order chi connectivity index (χ1) is 10.9. The van der Waals surface area contributed by atoms with Gasteiger partial charge in [0, 0.05) is 16.5 Å². The Morgan fingerprint density at radius 2 is 1.71 bits per heavy atom. The third-order valence-corrected chi connectivity index (χ3v) is 3.94. The lowest BCUT2D eigenvalue weighted by molar-refractivity contribution is -0.137. The summed E-state index contributed by atoms with van der Waals surface area (Å²) in [7, 11) is 0. The topological polar surface area (TPSA) is 101 Å². The van der Waals surface area contributed by atoms with Crippen molar-refractivity contribution >= 4 is 35.9 Å². The molecule has 128 valence electrons. The second kappa shape index (κ2) is 8.68. The number of carboxylic acid groups (broad SMARTS) is 2. The lowest BCUT2D eigenvalue weighted by atomic mass is 9.92. The Labute approximate surface area is 150 Å². The summed E-state index contributed by atoms with van der Waals surface area (Å²) in [5, 5.41) is 18.4. The molecule has 0 amide bonds. The third kappa shape index (κ3) is 4.71. The molecule has 4 N–H and O–H groups in total. The number of benzene rings is 2. The van der Waals surface area contributed by atoms with E-state index in [0.717, 1.165) is 11.1 Å². The first kappa shape index (κ1) is 20.0. The zero-order chi connectivity index (χ0) is 17.0. The van der Waals surface area contributed by atoms with Crippen molar-refractivity contribution in [3.05, 3.63) is 58.6 Å². The zero-order valence-corrected chi connectivity index (χ0v) is 14.2. The van der Waals surface area contributed by atoms with Gasteiger partial charge in [0.1, 0.15) is 0 Å². The predicted octanol–water partition coefficient (Wildman–Crippen LogP) is 3.64. The Balaban J connectivity index is 0.00000288. The van der Waals surface area contributed by atoms with E-state index in [-0.39, 0.29) is 36.9 Å². The van der Waals surface area contributed by atoms with Gasteiger partial charge in [-0.15, -0.1) is 12.4 Å². The molecule has 0 heterocycles. The molecular weight excluding hydrogens is 353 g/mol. The van der Waals surface area contributed by atoms with Gasteiger partial charge in [-0.05, 0) is 41.9 Å².